The third-order valence-corrected chi connectivity index (χ3v) is 6.18. The van der Waals surface area contributed by atoms with Crippen molar-refractivity contribution in [1.82, 2.24) is 14.8 Å². The molecule has 0 atom stereocenters. The summed E-state index contributed by atoms with van der Waals surface area (Å²) in [5.41, 5.74) is 13.3. The van der Waals surface area contributed by atoms with Gasteiger partial charge < -0.3 is 11.5 Å². The molecule has 12 heteroatoms. The number of hydrazone groups is 1. The summed E-state index contributed by atoms with van der Waals surface area (Å²) in [5.74, 6) is -0.0658. The highest BCUT2D eigenvalue weighted by Crippen LogP contribution is 2.37. The minimum absolute atomic E-state index is 0.00915. The first-order chi connectivity index (χ1) is 14.1. The molecule has 0 saturated heterocycles. The van der Waals surface area contributed by atoms with Crippen LogP contribution in [-0.2, 0) is 10.0 Å². The molecule has 156 valence electrons. The molecule has 30 heavy (non-hydrogen) atoms. The Bertz CT molecular complexity index is 1250. The van der Waals surface area contributed by atoms with E-state index in [1.165, 1.54) is 24.3 Å². The van der Waals surface area contributed by atoms with Crippen LogP contribution in [0.25, 0.3) is 11.3 Å². The molecule has 2 aromatic carbocycles. The summed E-state index contributed by atoms with van der Waals surface area (Å²) in [6.07, 6.45) is 1.11. The topological polar surface area (TPSA) is 136 Å². The maximum Gasteiger partial charge on any atom is 0.276 e. The van der Waals surface area contributed by atoms with Gasteiger partial charge in [0.25, 0.3) is 10.0 Å². The number of anilines is 2. The van der Waals surface area contributed by atoms with Crippen molar-refractivity contribution in [3.05, 3.63) is 62.7 Å². The fraction of sp³-hybridized carbons (Fsp3) is 0.0556. The number of hydrogen-bond acceptors (Lipinski definition) is 7. The lowest BCUT2D eigenvalue weighted by atomic mass is 10.1. The van der Waals surface area contributed by atoms with Crippen molar-refractivity contribution in [3.63, 3.8) is 0 Å². The van der Waals surface area contributed by atoms with E-state index < -0.39 is 10.0 Å². The fourth-order valence-electron chi connectivity index (χ4n) is 2.42. The highest BCUT2D eigenvalue weighted by atomic mass is 35.5. The van der Waals surface area contributed by atoms with Crippen LogP contribution >= 0.6 is 34.8 Å². The van der Waals surface area contributed by atoms with Crippen LogP contribution in [0.15, 0.2) is 46.4 Å². The summed E-state index contributed by atoms with van der Waals surface area (Å²) >= 11 is 18.3. The van der Waals surface area contributed by atoms with E-state index in [4.69, 9.17) is 46.3 Å². The van der Waals surface area contributed by atoms with E-state index in [2.05, 4.69) is 19.9 Å². The van der Waals surface area contributed by atoms with E-state index in [0.717, 1.165) is 11.8 Å². The average Bonchev–Trinajstić information content (AvgIpc) is 2.67. The minimum atomic E-state index is -3.87. The van der Waals surface area contributed by atoms with Crippen LogP contribution in [0.4, 0.5) is 11.6 Å². The van der Waals surface area contributed by atoms with Crippen molar-refractivity contribution >= 4 is 62.7 Å². The predicted octanol–water partition coefficient (Wildman–Crippen LogP) is 3.89. The van der Waals surface area contributed by atoms with Crippen LogP contribution in [0.3, 0.4) is 0 Å². The summed E-state index contributed by atoms with van der Waals surface area (Å²) < 4.78 is 24.6. The van der Waals surface area contributed by atoms with Gasteiger partial charge in [0.05, 0.1) is 21.2 Å². The number of nitrogens with two attached hydrogens (primary N) is 2. The van der Waals surface area contributed by atoms with Gasteiger partial charge in [-0.25, -0.2) is 14.8 Å². The summed E-state index contributed by atoms with van der Waals surface area (Å²) in [6.45, 7) is 1.85. The van der Waals surface area contributed by atoms with Crippen LogP contribution in [-0.4, -0.2) is 24.6 Å². The monoisotopic (exact) mass is 484 g/mol. The molecule has 0 saturated carbocycles. The van der Waals surface area contributed by atoms with Gasteiger partial charge >= 0.3 is 0 Å². The molecule has 0 unspecified atom stereocenters. The lowest BCUT2D eigenvalue weighted by molar-refractivity contribution is 0.584. The molecule has 8 nitrogen and oxygen atoms in total. The molecular formula is C18H15Cl3N6O2S. The molecule has 0 aliphatic heterocycles. The average molecular weight is 486 g/mol. The Morgan fingerprint density at radius 3 is 2.37 bits per heavy atom. The first-order valence-corrected chi connectivity index (χ1v) is 10.9. The number of hydrogen-bond donors (Lipinski definition) is 3. The van der Waals surface area contributed by atoms with Crippen LogP contribution in [0.5, 0.6) is 0 Å². The lowest BCUT2D eigenvalue weighted by Crippen LogP contribution is -2.18. The summed E-state index contributed by atoms with van der Waals surface area (Å²) in [7, 11) is -3.87. The molecule has 1 heterocycles. The summed E-state index contributed by atoms with van der Waals surface area (Å²) in [6, 6.07) is 9.27. The van der Waals surface area contributed by atoms with Gasteiger partial charge in [-0.3, -0.25) is 0 Å². The van der Waals surface area contributed by atoms with E-state index in [1.807, 2.05) is 6.92 Å². The van der Waals surface area contributed by atoms with Gasteiger partial charge in [0.1, 0.15) is 11.4 Å². The molecule has 0 spiro atoms. The Balaban J connectivity index is 1.94. The van der Waals surface area contributed by atoms with Gasteiger partial charge in [-0.05, 0) is 31.2 Å². The lowest BCUT2D eigenvalue weighted by Gasteiger charge is -2.10. The third kappa shape index (κ3) is 4.76. The number of aromatic nitrogens is 2. The minimum Gasteiger partial charge on any atom is -0.382 e. The van der Waals surface area contributed by atoms with Crippen LogP contribution < -0.4 is 16.3 Å². The zero-order chi connectivity index (χ0) is 22.1. The van der Waals surface area contributed by atoms with Crippen molar-refractivity contribution in [2.24, 2.45) is 5.10 Å². The highest BCUT2D eigenvalue weighted by molar-refractivity contribution is 7.89. The molecular weight excluding hydrogens is 471 g/mol. The normalized spacial score (nSPS) is 11.7. The predicted molar refractivity (Wildman–Crippen MR) is 120 cm³/mol. The largest absolute Gasteiger partial charge is 0.382 e. The van der Waals surface area contributed by atoms with Gasteiger partial charge in [-0.1, -0.05) is 52.5 Å². The van der Waals surface area contributed by atoms with E-state index >= 15 is 0 Å². The second-order valence-electron chi connectivity index (χ2n) is 6.14. The summed E-state index contributed by atoms with van der Waals surface area (Å²) in [5, 5.41) is 4.42. The molecule has 1 aromatic heterocycles. The number of aryl methyl sites for hydroxylation is 1. The maximum atomic E-state index is 12.3. The number of nitrogens with one attached hydrogen (secondary N) is 1. The molecule has 0 bridgehead atoms. The van der Waals surface area contributed by atoms with Crippen molar-refractivity contribution < 1.29 is 8.42 Å². The van der Waals surface area contributed by atoms with Crippen LogP contribution in [0, 0.1) is 6.92 Å². The maximum absolute atomic E-state index is 12.3. The van der Waals surface area contributed by atoms with Gasteiger partial charge in [0.15, 0.2) is 11.6 Å². The van der Waals surface area contributed by atoms with E-state index in [0.29, 0.717) is 10.6 Å². The van der Waals surface area contributed by atoms with Gasteiger partial charge in [-0.15, -0.1) is 0 Å². The molecule has 0 fully saturated rings. The van der Waals surface area contributed by atoms with Gasteiger partial charge in [0.2, 0.25) is 0 Å². The van der Waals surface area contributed by atoms with E-state index in [-0.39, 0.29) is 38.0 Å². The molecule has 0 amide bonds. The van der Waals surface area contributed by atoms with Crippen molar-refractivity contribution in [1.29, 1.82) is 0 Å². The second kappa shape index (κ2) is 8.65. The first kappa shape index (κ1) is 22.1. The van der Waals surface area contributed by atoms with E-state index in [1.54, 1.807) is 12.1 Å². The van der Waals surface area contributed by atoms with Crippen LogP contribution in [0.1, 0.15) is 11.3 Å². The third-order valence-electron chi connectivity index (χ3n) is 3.92. The zero-order valence-electron chi connectivity index (χ0n) is 15.4. The Morgan fingerprint density at radius 1 is 1.03 bits per heavy atom. The number of halogens is 3. The molecule has 0 aliphatic carbocycles. The molecule has 5 N–H and O–H groups in total. The number of nitrogens with zero attached hydrogens (tertiary/aromatic N) is 3. The Hall–Kier alpha value is -2.59. The van der Waals surface area contributed by atoms with Gasteiger partial charge in [0, 0.05) is 10.6 Å². The molecule has 3 rings (SSSR count). The number of benzene rings is 2. The molecule has 0 radical (unpaired) electrons. The van der Waals surface area contributed by atoms with Crippen molar-refractivity contribution in [3.8, 4) is 11.3 Å². The highest BCUT2D eigenvalue weighted by Gasteiger charge is 2.17. The molecule has 0 aliphatic rings. The smallest absolute Gasteiger partial charge is 0.276 e. The van der Waals surface area contributed by atoms with Crippen molar-refractivity contribution in [2.45, 2.75) is 11.8 Å². The first-order valence-electron chi connectivity index (χ1n) is 8.28. The Kier molecular flexibility index (Phi) is 6.37. The van der Waals surface area contributed by atoms with E-state index in [9.17, 15) is 8.42 Å². The SMILES string of the molecule is Cc1ccc(S(=O)(=O)N/N=C/c2nc(-c3cc(Cl)cc(Cl)c3Cl)c(N)nc2N)cc1. The standard InChI is InChI=1S/C18H15Cl3N6O2S/c1-9-2-4-11(5-3-9)30(28,29)27-24-8-14-17(22)26-18(23)16(25-14)12-6-10(19)7-13(20)15(12)21/h2-8,27H,1H3,(H4,22,23,26)/b24-8+. The number of sulfonamides is 1. The van der Waals surface area contributed by atoms with Crippen LogP contribution in [0.2, 0.25) is 15.1 Å². The quantitative estimate of drug-likeness (QED) is 0.285. The number of nitrogen functional groups attached to an aromatic ring is 2. The van der Waals surface area contributed by atoms with Crippen molar-refractivity contribution in [2.75, 3.05) is 11.5 Å². The zero-order valence-corrected chi connectivity index (χ0v) is 18.5. The van der Waals surface area contributed by atoms with Gasteiger partial charge in [-0.2, -0.15) is 13.5 Å². The second-order valence-corrected chi connectivity index (χ2v) is 9.03. The summed E-state index contributed by atoms with van der Waals surface area (Å²) in [4.78, 5) is 10.5. The fourth-order valence-corrected chi connectivity index (χ4v) is 3.91. The molecule has 3 aromatic rings. The Morgan fingerprint density at radius 2 is 1.70 bits per heavy atom. The number of rotatable bonds is 5. The Labute approximate surface area is 187 Å².